The summed E-state index contributed by atoms with van der Waals surface area (Å²) in [5.41, 5.74) is 4.42. The molecule has 0 spiro atoms. The zero-order valence-electron chi connectivity index (χ0n) is 12.2. The third-order valence-electron chi connectivity index (χ3n) is 2.80. The van der Waals surface area contributed by atoms with Crippen LogP contribution in [0.3, 0.4) is 0 Å². The van der Waals surface area contributed by atoms with Gasteiger partial charge in [-0.3, -0.25) is 30.6 Å². The minimum atomic E-state index is -0.609. The largest absolute Gasteiger partial charge is 0.618 e. The van der Waals surface area contributed by atoms with Crippen molar-refractivity contribution in [2.24, 2.45) is 0 Å². The number of rotatable bonds is 5. The van der Waals surface area contributed by atoms with Crippen molar-refractivity contribution in [1.82, 2.24) is 10.9 Å². The molecule has 0 aliphatic carbocycles. The number of pyridine rings is 1. The van der Waals surface area contributed by atoms with E-state index in [2.05, 4.69) is 10.9 Å². The van der Waals surface area contributed by atoms with E-state index in [1.165, 1.54) is 30.5 Å². The monoisotopic (exact) mass is 348 g/mol. The smallest absolute Gasteiger partial charge is 0.269 e. The van der Waals surface area contributed by atoms with Crippen LogP contribution in [0.5, 0.6) is 0 Å². The molecule has 0 aliphatic rings. The van der Waals surface area contributed by atoms with Crippen LogP contribution in [-0.2, 0) is 4.79 Å². The standard InChI is InChI=1S/C14H12N4O5S/c19-12(9-24-13-3-1-2-8-17(13)21)15-16-14(20)10-4-6-11(7-5-10)18(22)23/h1-8H,9H2,(H,15,19)(H,16,20). The molecule has 2 amide bonds. The maximum Gasteiger partial charge on any atom is 0.269 e. The molecule has 0 atom stereocenters. The van der Waals surface area contributed by atoms with E-state index in [9.17, 15) is 24.9 Å². The van der Waals surface area contributed by atoms with Gasteiger partial charge in [0, 0.05) is 29.8 Å². The molecule has 9 nitrogen and oxygen atoms in total. The number of nitro groups is 1. The van der Waals surface area contributed by atoms with Gasteiger partial charge in [0.15, 0.2) is 6.20 Å². The second kappa shape index (κ2) is 7.92. The van der Waals surface area contributed by atoms with E-state index in [-0.39, 0.29) is 17.0 Å². The number of aromatic nitrogens is 1. The highest BCUT2D eigenvalue weighted by atomic mass is 32.2. The van der Waals surface area contributed by atoms with E-state index in [1.54, 1.807) is 18.2 Å². The molecule has 2 rings (SSSR count). The number of non-ortho nitro benzene ring substituents is 1. The zero-order valence-corrected chi connectivity index (χ0v) is 13.0. The minimum Gasteiger partial charge on any atom is -0.618 e. The summed E-state index contributed by atoms with van der Waals surface area (Å²) in [6.45, 7) is 0. The highest BCUT2D eigenvalue weighted by Crippen LogP contribution is 2.12. The molecule has 0 saturated heterocycles. The summed E-state index contributed by atoms with van der Waals surface area (Å²) < 4.78 is 0.632. The maximum atomic E-state index is 11.8. The van der Waals surface area contributed by atoms with E-state index >= 15 is 0 Å². The highest BCUT2D eigenvalue weighted by Gasteiger charge is 2.12. The lowest BCUT2D eigenvalue weighted by atomic mass is 10.2. The van der Waals surface area contributed by atoms with Gasteiger partial charge in [0.2, 0.25) is 5.91 Å². The molecule has 0 aliphatic heterocycles. The molecule has 24 heavy (non-hydrogen) atoms. The van der Waals surface area contributed by atoms with E-state index in [4.69, 9.17) is 0 Å². The fourth-order valence-electron chi connectivity index (χ4n) is 1.63. The number of nitro benzene ring substituents is 1. The molecule has 124 valence electrons. The number of nitrogens with zero attached hydrogens (tertiary/aromatic N) is 2. The number of benzene rings is 1. The van der Waals surface area contributed by atoms with Gasteiger partial charge >= 0.3 is 0 Å². The molecule has 10 heteroatoms. The Morgan fingerprint density at radius 2 is 1.83 bits per heavy atom. The molecule has 1 heterocycles. The Kier molecular flexibility index (Phi) is 5.68. The highest BCUT2D eigenvalue weighted by molar-refractivity contribution is 7.99. The third kappa shape index (κ3) is 4.68. The SMILES string of the molecule is O=C(CSc1cccc[n+]1[O-])NNC(=O)c1ccc([N+](=O)[O-])cc1. The molecule has 0 radical (unpaired) electrons. The lowest BCUT2D eigenvalue weighted by Crippen LogP contribution is -2.42. The van der Waals surface area contributed by atoms with Gasteiger partial charge in [-0.1, -0.05) is 0 Å². The van der Waals surface area contributed by atoms with Crippen LogP contribution in [0, 0.1) is 15.3 Å². The summed E-state index contributed by atoms with van der Waals surface area (Å²) in [6, 6.07) is 9.74. The van der Waals surface area contributed by atoms with Crippen molar-refractivity contribution in [2.45, 2.75) is 5.03 Å². The quantitative estimate of drug-likeness (QED) is 0.270. The van der Waals surface area contributed by atoms with Crippen molar-refractivity contribution in [1.29, 1.82) is 0 Å². The number of hydrogen-bond donors (Lipinski definition) is 2. The zero-order chi connectivity index (χ0) is 17.5. The summed E-state index contributed by atoms with van der Waals surface area (Å²) in [5, 5.41) is 22.3. The van der Waals surface area contributed by atoms with Gasteiger partial charge in [-0.25, -0.2) is 0 Å². The first-order valence-corrected chi connectivity index (χ1v) is 7.60. The van der Waals surface area contributed by atoms with Crippen LogP contribution in [0.1, 0.15) is 10.4 Å². The van der Waals surface area contributed by atoms with E-state index in [0.717, 1.165) is 11.8 Å². The Hall–Kier alpha value is -3.14. The number of hydrazine groups is 1. The Bertz CT molecular complexity index is 766. The lowest BCUT2D eigenvalue weighted by Gasteiger charge is -2.07. The van der Waals surface area contributed by atoms with Crippen molar-refractivity contribution in [3.63, 3.8) is 0 Å². The molecule has 0 unspecified atom stereocenters. The van der Waals surface area contributed by atoms with Gasteiger partial charge in [-0.15, -0.1) is 0 Å². The van der Waals surface area contributed by atoms with Crippen LogP contribution in [0.4, 0.5) is 5.69 Å². The number of carbonyl (C=O) groups excluding carboxylic acids is 2. The van der Waals surface area contributed by atoms with Crippen LogP contribution >= 0.6 is 11.8 Å². The predicted octanol–water partition coefficient (Wildman–Crippen LogP) is 0.782. The first-order chi connectivity index (χ1) is 11.5. The fourth-order valence-corrected chi connectivity index (χ4v) is 2.35. The first kappa shape index (κ1) is 17.2. The van der Waals surface area contributed by atoms with Crippen molar-refractivity contribution in [3.8, 4) is 0 Å². The van der Waals surface area contributed by atoms with Gasteiger partial charge in [-0.2, -0.15) is 4.73 Å². The summed E-state index contributed by atoms with van der Waals surface area (Å²) in [5.74, 6) is -1.17. The molecule has 1 aromatic carbocycles. The molecule has 0 bridgehead atoms. The van der Waals surface area contributed by atoms with Gasteiger partial charge in [0.25, 0.3) is 16.6 Å². The van der Waals surface area contributed by atoms with Crippen LogP contribution in [0.2, 0.25) is 0 Å². The minimum absolute atomic E-state index is 0.0627. The summed E-state index contributed by atoms with van der Waals surface area (Å²) in [6.07, 6.45) is 1.32. The normalized spacial score (nSPS) is 10.0. The van der Waals surface area contributed by atoms with Gasteiger partial charge in [-0.05, 0) is 30.0 Å². The van der Waals surface area contributed by atoms with Crippen LogP contribution < -0.4 is 15.6 Å². The average molecular weight is 348 g/mol. The molecule has 2 N–H and O–H groups in total. The van der Waals surface area contributed by atoms with Gasteiger partial charge in [0.1, 0.15) is 0 Å². The van der Waals surface area contributed by atoms with Gasteiger partial charge < -0.3 is 5.21 Å². The van der Waals surface area contributed by atoms with Crippen molar-refractivity contribution < 1.29 is 19.2 Å². The second-order valence-corrected chi connectivity index (χ2v) is 5.46. The first-order valence-electron chi connectivity index (χ1n) is 6.62. The van der Waals surface area contributed by atoms with Gasteiger partial charge in [0.05, 0.1) is 10.7 Å². The number of nitrogens with one attached hydrogen (secondary N) is 2. The number of hydrogen-bond acceptors (Lipinski definition) is 6. The maximum absolute atomic E-state index is 11.8. The Morgan fingerprint density at radius 1 is 1.12 bits per heavy atom. The molecular weight excluding hydrogens is 336 g/mol. The number of carbonyl (C=O) groups is 2. The van der Waals surface area contributed by atoms with Crippen LogP contribution in [0.25, 0.3) is 0 Å². The molecule has 1 aromatic heterocycles. The predicted molar refractivity (Wildman–Crippen MR) is 84.8 cm³/mol. The Morgan fingerprint density at radius 3 is 2.46 bits per heavy atom. The van der Waals surface area contributed by atoms with Crippen LogP contribution in [0.15, 0.2) is 53.7 Å². The summed E-state index contributed by atoms with van der Waals surface area (Å²) in [7, 11) is 0. The van der Waals surface area contributed by atoms with Crippen molar-refractivity contribution in [3.05, 3.63) is 69.5 Å². The number of thioether (sulfide) groups is 1. The van der Waals surface area contributed by atoms with E-state index in [0.29, 0.717) is 9.76 Å². The Labute approximate surface area is 140 Å². The summed E-state index contributed by atoms with van der Waals surface area (Å²) in [4.78, 5) is 33.4. The number of amides is 2. The summed E-state index contributed by atoms with van der Waals surface area (Å²) >= 11 is 1.02. The Balaban J connectivity index is 1.81. The van der Waals surface area contributed by atoms with Crippen LogP contribution in [-0.4, -0.2) is 22.5 Å². The van der Waals surface area contributed by atoms with E-state index < -0.39 is 16.7 Å². The van der Waals surface area contributed by atoms with Crippen molar-refractivity contribution in [2.75, 3.05) is 5.75 Å². The molecule has 0 saturated carbocycles. The average Bonchev–Trinajstić information content (AvgIpc) is 2.59. The third-order valence-corrected chi connectivity index (χ3v) is 3.81. The fraction of sp³-hybridized carbons (Fsp3) is 0.0714. The lowest BCUT2D eigenvalue weighted by molar-refractivity contribution is -0.645. The van der Waals surface area contributed by atoms with E-state index in [1.807, 2.05) is 0 Å². The molecule has 0 fully saturated rings. The second-order valence-electron chi connectivity index (χ2n) is 4.46. The molecular formula is C14H12N4O5S. The topological polar surface area (TPSA) is 128 Å². The molecule has 2 aromatic rings. The van der Waals surface area contributed by atoms with Crippen molar-refractivity contribution >= 4 is 29.3 Å².